The van der Waals surface area contributed by atoms with Gasteiger partial charge >= 0.3 is 12.1 Å². The van der Waals surface area contributed by atoms with E-state index in [0.717, 1.165) is 6.20 Å². The van der Waals surface area contributed by atoms with Gasteiger partial charge in [0.05, 0.1) is 18.2 Å². The summed E-state index contributed by atoms with van der Waals surface area (Å²) in [7, 11) is 0. The molecule has 0 fully saturated rings. The van der Waals surface area contributed by atoms with Gasteiger partial charge in [0.15, 0.2) is 5.69 Å². The lowest BCUT2D eigenvalue weighted by Gasteiger charge is -2.12. The topological polar surface area (TPSA) is 87.9 Å². The Morgan fingerprint density at radius 1 is 1.33 bits per heavy atom. The van der Waals surface area contributed by atoms with Crippen molar-refractivity contribution in [3.8, 4) is 6.07 Å². The van der Waals surface area contributed by atoms with Crippen molar-refractivity contribution in [3.05, 3.63) is 47.3 Å². The van der Waals surface area contributed by atoms with E-state index in [1.54, 1.807) is 0 Å². The van der Waals surface area contributed by atoms with Crippen LogP contribution in [0.25, 0.3) is 0 Å². The van der Waals surface area contributed by atoms with Crippen LogP contribution in [0, 0.1) is 11.3 Å². The van der Waals surface area contributed by atoms with Crippen LogP contribution in [0.5, 0.6) is 0 Å². The highest BCUT2D eigenvalue weighted by Gasteiger charge is 2.38. The van der Waals surface area contributed by atoms with Crippen molar-refractivity contribution >= 4 is 17.6 Å². The van der Waals surface area contributed by atoms with Crippen molar-refractivity contribution < 1.29 is 22.7 Å². The van der Waals surface area contributed by atoms with E-state index in [0.29, 0.717) is 11.3 Å². The summed E-state index contributed by atoms with van der Waals surface area (Å²) in [6.07, 6.45) is -4.08. The molecule has 0 amide bonds. The molecule has 0 bridgehead atoms. The molecule has 0 aliphatic rings. The van der Waals surface area contributed by atoms with Gasteiger partial charge in [-0.15, -0.1) is 0 Å². The van der Waals surface area contributed by atoms with Crippen LogP contribution in [0.1, 0.15) is 28.5 Å². The molecule has 0 aliphatic carbocycles. The summed E-state index contributed by atoms with van der Waals surface area (Å²) < 4.78 is 43.9. The molecule has 0 atom stereocenters. The number of benzene rings is 1. The van der Waals surface area contributed by atoms with Crippen molar-refractivity contribution in [1.29, 1.82) is 5.26 Å². The quantitative estimate of drug-likeness (QED) is 0.862. The fourth-order valence-corrected chi connectivity index (χ4v) is 1.77. The predicted octanol–water partition coefficient (Wildman–Crippen LogP) is 3.29. The highest BCUT2D eigenvalue weighted by atomic mass is 19.4. The number of carbonyl (C=O) groups excluding carboxylic acids is 1. The standard InChI is InChI=1S/C15H11F3N4O2/c1-2-24-13(23)11-8-20-14(22-12(11)15(16,17)18)21-10-5-3-9(7-19)4-6-10/h3-6,8H,2H2,1H3,(H,20,21,22). The van der Waals surface area contributed by atoms with E-state index >= 15 is 0 Å². The molecule has 1 heterocycles. The number of aromatic nitrogens is 2. The maximum absolute atomic E-state index is 13.1. The van der Waals surface area contributed by atoms with Gasteiger partial charge in [0.2, 0.25) is 5.95 Å². The predicted molar refractivity (Wildman–Crippen MR) is 77.4 cm³/mol. The molecule has 0 spiro atoms. The van der Waals surface area contributed by atoms with Gasteiger partial charge in [-0.2, -0.15) is 18.4 Å². The average molecular weight is 336 g/mol. The van der Waals surface area contributed by atoms with Gasteiger partial charge in [-0.3, -0.25) is 0 Å². The molecule has 2 rings (SSSR count). The van der Waals surface area contributed by atoms with Crippen LogP contribution in [0.3, 0.4) is 0 Å². The number of anilines is 2. The minimum absolute atomic E-state index is 0.0681. The van der Waals surface area contributed by atoms with Crippen molar-refractivity contribution in [2.45, 2.75) is 13.1 Å². The number of rotatable bonds is 4. The van der Waals surface area contributed by atoms with Gasteiger partial charge in [0.25, 0.3) is 0 Å². The lowest BCUT2D eigenvalue weighted by molar-refractivity contribution is -0.141. The average Bonchev–Trinajstić information content (AvgIpc) is 2.55. The van der Waals surface area contributed by atoms with Gasteiger partial charge in [-0.05, 0) is 31.2 Å². The fourth-order valence-electron chi connectivity index (χ4n) is 1.77. The van der Waals surface area contributed by atoms with Crippen molar-refractivity contribution in [2.75, 3.05) is 11.9 Å². The molecule has 0 aliphatic heterocycles. The lowest BCUT2D eigenvalue weighted by atomic mass is 10.2. The maximum atomic E-state index is 13.1. The van der Waals surface area contributed by atoms with E-state index < -0.39 is 23.4 Å². The smallest absolute Gasteiger partial charge is 0.434 e. The Morgan fingerprint density at radius 3 is 2.54 bits per heavy atom. The molecule has 0 saturated carbocycles. The van der Waals surface area contributed by atoms with Gasteiger partial charge in [-0.25, -0.2) is 14.8 Å². The summed E-state index contributed by atoms with van der Waals surface area (Å²) in [4.78, 5) is 18.7. The van der Waals surface area contributed by atoms with E-state index in [4.69, 9.17) is 5.26 Å². The van der Waals surface area contributed by atoms with Crippen LogP contribution >= 0.6 is 0 Å². The molecule has 1 N–H and O–H groups in total. The second kappa shape index (κ2) is 6.95. The summed E-state index contributed by atoms with van der Waals surface area (Å²) in [6, 6.07) is 7.88. The van der Waals surface area contributed by atoms with Crippen LogP contribution in [0.4, 0.5) is 24.8 Å². The van der Waals surface area contributed by atoms with Gasteiger partial charge in [-0.1, -0.05) is 0 Å². The molecule has 6 nitrogen and oxygen atoms in total. The maximum Gasteiger partial charge on any atom is 0.434 e. The third-order valence-corrected chi connectivity index (χ3v) is 2.82. The summed E-state index contributed by atoms with van der Waals surface area (Å²) in [5.41, 5.74) is -1.34. The third-order valence-electron chi connectivity index (χ3n) is 2.82. The minimum atomic E-state index is -4.84. The number of nitrogens with one attached hydrogen (secondary N) is 1. The molecular formula is C15H11F3N4O2. The fraction of sp³-hybridized carbons (Fsp3) is 0.200. The molecule has 0 unspecified atom stereocenters. The highest BCUT2D eigenvalue weighted by molar-refractivity contribution is 5.90. The first-order valence-corrected chi connectivity index (χ1v) is 6.73. The molecule has 24 heavy (non-hydrogen) atoms. The normalized spacial score (nSPS) is 10.8. The number of alkyl halides is 3. The van der Waals surface area contributed by atoms with E-state index in [9.17, 15) is 18.0 Å². The van der Waals surface area contributed by atoms with E-state index in [1.807, 2.05) is 6.07 Å². The van der Waals surface area contributed by atoms with Crippen molar-refractivity contribution in [3.63, 3.8) is 0 Å². The van der Waals surface area contributed by atoms with Crippen LogP contribution < -0.4 is 5.32 Å². The number of carbonyl (C=O) groups is 1. The monoisotopic (exact) mass is 336 g/mol. The number of nitriles is 1. The summed E-state index contributed by atoms with van der Waals surface area (Å²) in [5, 5.41) is 11.3. The summed E-state index contributed by atoms with van der Waals surface area (Å²) >= 11 is 0. The Balaban J connectivity index is 2.35. The molecule has 9 heteroatoms. The van der Waals surface area contributed by atoms with Crippen molar-refractivity contribution in [1.82, 2.24) is 9.97 Å². The zero-order chi connectivity index (χ0) is 17.7. The second-order valence-corrected chi connectivity index (χ2v) is 4.49. The Labute approximate surface area is 134 Å². The molecule has 1 aromatic carbocycles. The van der Waals surface area contributed by atoms with Crippen molar-refractivity contribution in [2.24, 2.45) is 0 Å². The Bertz CT molecular complexity index is 783. The van der Waals surface area contributed by atoms with Crippen LogP contribution in [-0.2, 0) is 10.9 Å². The number of ether oxygens (including phenoxy) is 1. The number of halogens is 3. The Kier molecular flexibility index (Phi) is 4.99. The largest absolute Gasteiger partial charge is 0.462 e. The van der Waals surface area contributed by atoms with E-state index in [1.165, 1.54) is 31.2 Å². The molecule has 0 radical (unpaired) electrons. The zero-order valence-corrected chi connectivity index (χ0v) is 12.4. The first kappa shape index (κ1) is 17.2. The highest BCUT2D eigenvalue weighted by Crippen LogP contribution is 2.31. The first-order valence-electron chi connectivity index (χ1n) is 6.73. The van der Waals surface area contributed by atoms with Gasteiger partial charge < -0.3 is 10.1 Å². The lowest BCUT2D eigenvalue weighted by Crippen LogP contribution is -2.19. The molecule has 0 saturated heterocycles. The Morgan fingerprint density at radius 2 is 2.00 bits per heavy atom. The SMILES string of the molecule is CCOC(=O)c1cnc(Nc2ccc(C#N)cc2)nc1C(F)(F)F. The van der Waals surface area contributed by atoms with Crippen LogP contribution in [0.2, 0.25) is 0 Å². The first-order chi connectivity index (χ1) is 11.3. The van der Waals surface area contributed by atoms with E-state index in [-0.39, 0.29) is 12.6 Å². The van der Waals surface area contributed by atoms with Crippen LogP contribution in [0.15, 0.2) is 30.5 Å². The van der Waals surface area contributed by atoms with Gasteiger partial charge in [0, 0.05) is 11.9 Å². The summed E-state index contributed by atoms with van der Waals surface area (Å²) in [5.74, 6) is -1.48. The minimum Gasteiger partial charge on any atom is -0.462 e. The molecule has 1 aromatic heterocycles. The third kappa shape index (κ3) is 3.98. The zero-order valence-electron chi connectivity index (χ0n) is 12.4. The number of hydrogen-bond donors (Lipinski definition) is 1. The number of hydrogen-bond acceptors (Lipinski definition) is 6. The molecule has 2 aromatic rings. The van der Waals surface area contributed by atoms with Gasteiger partial charge in [0.1, 0.15) is 5.56 Å². The summed E-state index contributed by atoms with van der Waals surface area (Å²) in [6.45, 7) is 1.41. The van der Waals surface area contributed by atoms with Crippen LogP contribution in [-0.4, -0.2) is 22.5 Å². The second-order valence-electron chi connectivity index (χ2n) is 4.49. The molecule has 124 valence electrons. The number of nitrogens with zero attached hydrogens (tertiary/aromatic N) is 3. The van der Waals surface area contributed by atoms with E-state index in [2.05, 4.69) is 20.0 Å². The Hall–Kier alpha value is -3.15. The molecular weight excluding hydrogens is 325 g/mol. The number of esters is 1.